The average molecular weight is 511 g/mol. The highest BCUT2D eigenvalue weighted by atomic mass is 14.3. The molecule has 0 N–H and O–H groups in total. The van der Waals surface area contributed by atoms with Crippen molar-refractivity contribution in [3.05, 3.63) is 113 Å². The molecule has 0 amide bonds. The van der Waals surface area contributed by atoms with Crippen molar-refractivity contribution >= 4 is 38.8 Å². The van der Waals surface area contributed by atoms with Gasteiger partial charge in [0, 0.05) is 10.4 Å². The standard InChI is InChI=1S/C36H22N4/c1-3-4-24-7-11-26(12-8-24)28-14-16-32-34(18-28)36(30(21-39)22-40)31-15-13-27(25-9-5-23(2)6-10-25)17-33(31)35(32)29(19-37)20-38/h3-18H,1-2H3/b4-3+. The van der Waals surface area contributed by atoms with Crippen molar-refractivity contribution < 1.29 is 0 Å². The molecule has 4 heteroatoms. The van der Waals surface area contributed by atoms with Crippen molar-refractivity contribution in [3.8, 4) is 46.5 Å². The Kier molecular flexibility index (Phi) is 6.95. The van der Waals surface area contributed by atoms with Gasteiger partial charge in [-0.15, -0.1) is 0 Å². The van der Waals surface area contributed by atoms with Crippen molar-refractivity contribution in [1.82, 2.24) is 0 Å². The van der Waals surface area contributed by atoms with Crippen LogP contribution in [0.15, 0.2) is 91.0 Å². The number of hydrogen-bond donors (Lipinski definition) is 0. The molecule has 0 bridgehead atoms. The van der Waals surface area contributed by atoms with Crippen molar-refractivity contribution in [3.63, 3.8) is 0 Å². The second-order valence-electron chi connectivity index (χ2n) is 9.46. The third kappa shape index (κ3) is 4.48. The molecule has 0 unspecified atom stereocenters. The molecular formula is C36H22N4. The van der Waals surface area contributed by atoms with E-state index in [0.29, 0.717) is 32.0 Å². The van der Waals surface area contributed by atoms with Crippen molar-refractivity contribution in [2.75, 3.05) is 0 Å². The molecule has 0 fully saturated rings. The summed E-state index contributed by atoms with van der Waals surface area (Å²) in [6, 6.07) is 36.0. The van der Waals surface area contributed by atoms with E-state index >= 15 is 0 Å². The molecule has 0 radical (unpaired) electrons. The van der Waals surface area contributed by atoms with E-state index in [-0.39, 0.29) is 11.1 Å². The molecule has 186 valence electrons. The second kappa shape index (κ2) is 10.8. The number of fused-ring (bicyclic) bond motifs is 2. The Morgan fingerprint density at radius 1 is 0.525 bits per heavy atom. The van der Waals surface area contributed by atoms with Gasteiger partial charge in [-0.2, -0.15) is 21.0 Å². The van der Waals surface area contributed by atoms with E-state index in [1.807, 2.05) is 111 Å². The van der Waals surface area contributed by atoms with E-state index in [9.17, 15) is 21.0 Å². The molecule has 4 nitrogen and oxygen atoms in total. The van der Waals surface area contributed by atoms with Crippen LogP contribution in [0.1, 0.15) is 18.1 Å². The van der Waals surface area contributed by atoms with Gasteiger partial charge in [0.15, 0.2) is 0 Å². The van der Waals surface area contributed by atoms with Gasteiger partial charge in [-0.05, 0) is 75.3 Å². The SMILES string of the molecule is C/C=C/c1ccc(-c2ccc3c(=C(C#N)C#N)c4cc(-c5ccc(C)cc5)ccc4c(=C(C#N)C#N)c3c2)cc1. The predicted octanol–water partition coefficient (Wildman–Crippen LogP) is 7.06. The van der Waals surface area contributed by atoms with Crippen LogP contribution in [0.25, 0.3) is 61.0 Å². The summed E-state index contributed by atoms with van der Waals surface area (Å²) < 4.78 is 0. The number of aryl methyl sites for hydroxylation is 1. The lowest BCUT2D eigenvalue weighted by Crippen LogP contribution is -2.18. The molecular weight excluding hydrogens is 488 g/mol. The van der Waals surface area contributed by atoms with E-state index < -0.39 is 0 Å². The molecule has 0 aliphatic heterocycles. The third-order valence-corrected chi connectivity index (χ3v) is 7.05. The first kappa shape index (κ1) is 25.7. The first-order valence-electron chi connectivity index (χ1n) is 12.7. The summed E-state index contributed by atoms with van der Waals surface area (Å²) >= 11 is 0. The van der Waals surface area contributed by atoms with Crippen LogP contribution in [0.3, 0.4) is 0 Å². The summed E-state index contributed by atoms with van der Waals surface area (Å²) in [6.45, 7) is 3.99. The van der Waals surface area contributed by atoms with Gasteiger partial charge >= 0.3 is 0 Å². The number of nitrogens with zero attached hydrogens (tertiary/aromatic N) is 4. The minimum absolute atomic E-state index is 0.0264. The Bertz CT molecular complexity index is 2110. The highest BCUT2D eigenvalue weighted by molar-refractivity contribution is 6.07. The highest BCUT2D eigenvalue weighted by Crippen LogP contribution is 2.28. The largest absolute Gasteiger partial charge is 0.192 e. The van der Waals surface area contributed by atoms with Crippen LogP contribution in [0, 0.1) is 52.2 Å². The van der Waals surface area contributed by atoms with E-state index in [1.165, 1.54) is 0 Å². The maximum atomic E-state index is 9.97. The molecule has 0 aliphatic carbocycles. The molecule has 5 rings (SSSR count). The summed E-state index contributed by atoms with van der Waals surface area (Å²) in [5.74, 6) is 0. The minimum Gasteiger partial charge on any atom is -0.192 e. The fourth-order valence-corrected chi connectivity index (χ4v) is 5.12. The zero-order chi connectivity index (χ0) is 28.2. The molecule has 40 heavy (non-hydrogen) atoms. The molecule has 0 saturated heterocycles. The first-order chi connectivity index (χ1) is 19.5. The third-order valence-electron chi connectivity index (χ3n) is 7.05. The van der Waals surface area contributed by atoms with Gasteiger partial charge in [0.1, 0.15) is 35.4 Å². The number of nitriles is 4. The number of benzene rings is 5. The average Bonchev–Trinajstić information content (AvgIpc) is 2.99. The number of hydrogen-bond acceptors (Lipinski definition) is 4. The van der Waals surface area contributed by atoms with Crippen LogP contribution in [0.2, 0.25) is 0 Å². The van der Waals surface area contributed by atoms with Gasteiger partial charge in [0.25, 0.3) is 0 Å². The fourth-order valence-electron chi connectivity index (χ4n) is 5.12. The predicted molar refractivity (Wildman–Crippen MR) is 160 cm³/mol. The summed E-state index contributed by atoms with van der Waals surface area (Å²) in [5.41, 5.74) is 5.92. The van der Waals surface area contributed by atoms with Gasteiger partial charge < -0.3 is 0 Å². The maximum Gasteiger partial charge on any atom is 0.138 e. The summed E-state index contributed by atoms with van der Waals surface area (Å²) in [5, 5.41) is 43.4. The van der Waals surface area contributed by atoms with Gasteiger partial charge in [-0.25, -0.2) is 0 Å². The number of rotatable bonds is 3. The van der Waals surface area contributed by atoms with E-state index in [2.05, 4.69) is 24.3 Å². The molecule has 0 aromatic heterocycles. The molecule has 5 aromatic carbocycles. The monoisotopic (exact) mass is 510 g/mol. The Labute approximate surface area is 232 Å². The second-order valence-corrected chi connectivity index (χ2v) is 9.46. The van der Waals surface area contributed by atoms with Gasteiger partial charge in [-0.3, -0.25) is 0 Å². The van der Waals surface area contributed by atoms with E-state index in [1.54, 1.807) is 0 Å². The maximum absolute atomic E-state index is 9.97. The molecule has 0 atom stereocenters. The Morgan fingerprint density at radius 2 is 0.925 bits per heavy atom. The van der Waals surface area contributed by atoms with Crippen LogP contribution in [0.5, 0.6) is 0 Å². The highest BCUT2D eigenvalue weighted by Gasteiger charge is 2.15. The van der Waals surface area contributed by atoms with Crippen LogP contribution in [-0.4, -0.2) is 0 Å². The first-order valence-corrected chi connectivity index (χ1v) is 12.7. The molecule has 0 heterocycles. The van der Waals surface area contributed by atoms with E-state index in [0.717, 1.165) is 33.4 Å². The minimum atomic E-state index is -0.0271. The van der Waals surface area contributed by atoms with Crippen molar-refractivity contribution in [2.45, 2.75) is 13.8 Å². The quantitative estimate of drug-likeness (QED) is 0.243. The topological polar surface area (TPSA) is 95.2 Å². The van der Waals surface area contributed by atoms with E-state index in [4.69, 9.17) is 0 Å². The summed E-state index contributed by atoms with van der Waals surface area (Å²) in [6.07, 6.45) is 4.00. The summed E-state index contributed by atoms with van der Waals surface area (Å²) in [4.78, 5) is 0. The van der Waals surface area contributed by atoms with Gasteiger partial charge in [-0.1, -0.05) is 90.5 Å². The Morgan fingerprint density at radius 3 is 1.32 bits per heavy atom. The smallest absolute Gasteiger partial charge is 0.138 e. The number of allylic oxidation sites excluding steroid dienone is 1. The lowest BCUT2D eigenvalue weighted by atomic mass is 9.90. The summed E-state index contributed by atoms with van der Waals surface area (Å²) in [7, 11) is 0. The Balaban J connectivity index is 1.97. The Hall–Kier alpha value is -5.94. The lowest BCUT2D eigenvalue weighted by molar-refractivity contribution is 1.47. The molecule has 5 aromatic rings. The zero-order valence-corrected chi connectivity index (χ0v) is 22.0. The molecule has 0 saturated carbocycles. The van der Waals surface area contributed by atoms with Gasteiger partial charge in [0.2, 0.25) is 0 Å². The van der Waals surface area contributed by atoms with Crippen LogP contribution in [-0.2, 0) is 0 Å². The van der Waals surface area contributed by atoms with Gasteiger partial charge in [0.05, 0.1) is 0 Å². The van der Waals surface area contributed by atoms with Crippen LogP contribution in [0.4, 0.5) is 0 Å². The zero-order valence-electron chi connectivity index (χ0n) is 22.0. The lowest BCUT2D eigenvalue weighted by Gasteiger charge is -2.12. The molecule has 0 aliphatic rings. The van der Waals surface area contributed by atoms with Crippen molar-refractivity contribution in [1.29, 1.82) is 21.0 Å². The normalized spacial score (nSPS) is 10.6. The fraction of sp³-hybridized carbons (Fsp3) is 0.0556. The van der Waals surface area contributed by atoms with Crippen molar-refractivity contribution in [2.24, 2.45) is 0 Å². The van der Waals surface area contributed by atoms with Crippen LogP contribution < -0.4 is 10.4 Å². The molecule has 0 spiro atoms. The van der Waals surface area contributed by atoms with Crippen LogP contribution >= 0.6 is 0 Å².